The van der Waals surface area contributed by atoms with Crippen molar-refractivity contribution in [2.24, 2.45) is 7.05 Å². The normalized spacial score (nSPS) is 15.9. The fraction of sp³-hybridized carbons (Fsp3) is 0.500. The lowest BCUT2D eigenvalue weighted by Crippen LogP contribution is -2.49. The smallest absolute Gasteiger partial charge is 0.365 e. The molecule has 0 unspecified atom stereocenters. The van der Waals surface area contributed by atoms with Gasteiger partial charge in [-0.1, -0.05) is 0 Å². The first-order chi connectivity index (χ1) is 11.3. The highest BCUT2D eigenvalue weighted by molar-refractivity contribution is 5.94. The first kappa shape index (κ1) is 16.3. The summed E-state index contributed by atoms with van der Waals surface area (Å²) in [5.74, 6) is -0.697. The number of carbonyl (C=O) groups excluding carboxylic acids is 1. The number of rotatable bonds is 2. The molecule has 2 aromatic heterocycles. The molecule has 7 nitrogen and oxygen atoms in total. The fourth-order valence-corrected chi connectivity index (χ4v) is 2.82. The third-order valence-electron chi connectivity index (χ3n) is 4.06. The molecule has 1 N–H and O–H groups in total. The van der Waals surface area contributed by atoms with Crippen molar-refractivity contribution in [2.45, 2.75) is 13.1 Å². The lowest BCUT2D eigenvalue weighted by atomic mass is 10.1. The van der Waals surface area contributed by atoms with E-state index in [2.05, 4.69) is 15.3 Å². The van der Waals surface area contributed by atoms with Crippen LogP contribution in [0.4, 0.5) is 18.9 Å². The predicted octanol–water partition coefficient (Wildman–Crippen LogP) is 1.43. The molecule has 130 valence electrons. The molecular formula is C14H17F3N6O. The lowest BCUT2D eigenvalue weighted by Gasteiger charge is -2.35. The van der Waals surface area contributed by atoms with Gasteiger partial charge in [-0.2, -0.15) is 23.4 Å². The van der Waals surface area contributed by atoms with Crippen LogP contribution in [-0.2, 0) is 13.2 Å². The summed E-state index contributed by atoms with van der Waals surface area (Å²) >= 11 is 0. The molecule has 1 amide bonds. The van der Waals surface area contributed by atoms with E-state index in [4.69, 9.17) is 0 Å². The number of aryl methyl sites for hydroxylation is 2. The number of nitrogens with one attached hydrogen (secondary N) is 1. The van der Waals surface area contributed by atoms with Crippen molar-refractivity contribution < 1.29 is 18.0 Å². The molecule has 0 aromatic carbocycles. The minimum absolute atomic E-state index is 0.153. The highest BCUT2D eigenvalue weighted by Crippen LogP contribution is 2.34. The molecule has 0 saturated carbocycles. The maximum absolute atomic E-state index is 13.1. The molecule has 0 bridgehead atoms. The monoisotopic (exact) mass is 342 g/mol. The fourth-order valence-electron chi connectivity index (χ4n) is 2.82. The van der Waals surface area contributed by atoms with Crippen LogP contribution in [0.15, 0.2) is 12.4 Å². The largest absolute Gasteiger partial charge is 0.420 e. The standard InChI is InChI=1S/C14H17F3N6O/c1-9-11(14(15,16)17)12(20-19-9)13(24)23-5-3-22(4-6-23)10-7-18-21(2)8-10/h7-8H,3-6H2,1-2H3,(H,19,20). The van der Waals surface area contributed by atoms with E-state index in [0.29, 0.717) is 26.2 Å². The summed E-state index contributed by atoms with van der Waals surface area (Å²) in [4.78, 5) is 15.9. The predicted molar refractivity (Wildman–Crippen MR) is 79.7 cm³/mol. The number of piperazine rings is 1. The molecule has 0 aliphatic carbocycles. The van der Waals surface area contributed by atoms with Gasteiger partial charge >= 0.3 is 6.18 Å². The SMILES string of the molecule is Cc1[nH]nc(C(=O)N2CCN(c3cnn(C)c3)CC2)c1C(F)(F)F. The molecule has 3 rings (SSSR count). The number of anilines is 1. The van der Waals surface area contributed by atoms with Gasteiger partial charge in [-0.15, -0.1) is 0 Å². The number of alkyl halides is 3. The van der Waals surface area contributed by atoms with Crippen LogP contribution < -0.4 is 4.90 Å². The summed E-state index contributed by atoms with van der Waals surface area (Å²) in [6.07, 6.45) is -1.04. The molecule has 1 saturated heterocycles. The van der Waals surface area contributed by atoms with Crippen LogP contribution in [0.3, 0.4) is 0 Å². The van der Waals surface area contributed by atoms with Crippen LogP contribution >= 0.6 is 0 Å². The van der Waals surface area contributed by atoms with Gasteiger partial charge in [0.2, 0.25) is 0 Å². The summed E-state index contributed by atoms with van der Waals surface area (Å²) in [5.41, 5.74) is -0.770. The molecule has 1 aliphatic rings. The van der Waals surface area contributed by atoms with Crippen molar-refractivity contribution in [3.05, 3.63) is 29.3 Å². The number of amides is 1. The van der Waals surface area contributed by atoms with Gasteiger partial charge in [-0.3, -0.25) is 14.6 Å². The molecular weight excluding hydrogens is 325 g/mol. The summed E-state index contributed by atoms with van der Waals surface area (Å²) in [6.45, 7) is 2.98. The zero-order valence-electron chi connectivity index (χ0n) is 13.3. The Hall–Kier alpha value is -2.52. The Balaban J connectivity index is 1.72. The number of aromatic nitrogens is 4. The number of hydrogen-bond acceptors (Lipinski definition) is 4. The van der Waals surface area contributed by atoms with Crippen LogP contribution in [-0.4, -0.2) is 57.0 Å². The van der Waals surface area contributed by atoms with Crippen molar-refractivity contribution in [1.29, 1.82) is 0 Å². The zero-order chi connectivity index (χ0) is 17.5. The van der Waals surface area contributed by atoms with Crippen LogP contribution in [0, 0.1) is 6.92 Å². The van der Waals surface area contributed by atoms with Crippen LogP contribution in [0.5, 0.6) is 0 Å². The van der Waals surface area contributed by atoms with Crippen molar-refractivity contribution >= 4 is 11.6 Å². The second-order valence-corrected chi connectivity index (χ2v) is 5.72. The zero-order valence-corrected chi connectivity index (χ0v) is 13.3. The maximum atomic E-state index is 13.1. The third-order valence-corrected chi connectivity index (χ3v) is 4.06. The second-order valence-electron chi connectivity index (χ2n) is 5.72. The summed E-state index contributed by atoms with van der Waals surface area (Å²) < 4.78 is 41.0. The van der Waals surface area contributed by atoms with E-state index in [1.54, 1.807) is 10.9 Å². The number of hydrogen-bond donors (Lipinski definition) is 1. The molecule has 0 radical (unpaired) electrons. The van der Waals surface area contributed by atoms with E-state index in [-0.39, 0.29) is 5.69 Å². The van der Waals surface area contributed by atoms with Crippen molar-refractivity contribution in [1.82, 2.24) is 24.9 Å². The van der Waals surface area contributed by atoms with Crippen LogP contribution in [0.1, 0.15) is 21.7 Å². The maximum Gasteiger partial charge on any atom is 0.420 e. The van der Waals surface area contributed by atoms with Crippen LogP contribution in [0.2, 0.25) is 0 Å². The van der Waals surface area contributed by atoms with E-state index in [1.807, 2.05) is 18.1 Å². The Kier molecular flexibility index (Phi) is 3.98. The van der Waals surface area contributed by atoms with Gasteiger partial charge in [-0.05, 0) is 6.92 Å². The minimum Gasteiger partial charge on any atom is -0.365 e. The van der Waals surface area contributed by atoms with Crippen LogP contribution in [0.25, 0.3) is 0 Å². The van der Waals surface area contributed by atoms with E-state index >= 15 is 0 Å². The van der Waals surface area contributed by atoms with E-state index in [0.717, 1.165) is 5.69 Å². The Labute approximate surface area is 136 Å². The van der Waals surface area contributed by atoms with Gasteiger partial charge in [0.25, 0.3) is 5.91 Å². The number of H-pyrrole nitrogens is 1. The number of carbonyl (C=O) groups is 1. The number of aromatic amines is 1. The minimum atomic E-state index is -4.61. The third kappa shape index (κ3) is 2.95. The topological polar surface area (TPSA) is 70.1 Å². The lowest BCUT2D eigenvalue weighted by molar-refractivity contribution is -0.138. The number of halogens is 3. The van der Waals surface area contributed by atoms with Crippen molar-refractivity contribution in [2.75, 3.05) is 31.1 Å². The van der Waals surface area contributed by atoms with Gasteiger partial charge in [-0.25, -0.2) is 0 Å². The van der Waals surface area contributed by atoms with Gasteiger partial charge in [0.1, 0.15) is 5.56 Å². The molecule has 3 heterocycles. The van der Waals surface area contributed by atoms with Crippen molar-refractivity contribution in [3.63, 3.8) is 0 Å². The quantitative estimate of drug-likeness (QED) is 0.896. The second kappa shape index (κ2) is 5.84. The average Bonchev–Trinajstić information content (AvgIpc) is 3.12. The molecule has 10 heteroatoms. The first-order valence-corrected chi connectivity index (χ1v) is 7.42. The number of nitrogens with zero attached hydrogens (tertiary/aromatic N) is 5. The van der Waals surface area contributed by atoms with E-state index in [9.17, 15) is 18.0 Å². The molecule has 24 heavy (non-hydrogen) atoms. The van der Waals surface area contributed by atoms with Gasteiger partial charge < -0.3 is 9.80 Å². The Morgan fingerprint density at radius 1 is 1.25 bits per heavy atom. The summed E-state index contributed by atoms with van der Waals surface area (Å²) in [6, 6.07) is 0. The molecule has 1 aliphatic heterocycles. The van der Waals surface area contributed by atoms with Gasteiger partial charge in [0, 0.05) is 45.1 Å². The molecule has 0 atom stereocenters. The molecule has 0 spiro atoms. The molecule has 2 aromatic rings. The van der Waals surface area contributed by atoms with Gasteiger partial charge in [0.15, 0.2) is 5.69 Å². The van der Waals surface area contributed by atoms with E-state index in [1.165, 1.54) is 11.8 Å². The van der Waals surface area contributed by atoms with E-state index < -0.39 is 23.3 Å². The molecule has 1 fully saturated rings. The van der Waals surface area contributed by atoms with Gasteiger partial charge in [0.05, 0.1) is 11.9 Å². The average molecular weight is 342 g/mol. The summed E-state index contributed by atoms with van der Waals surface area (Å²) in [5, 5.41) is 9.93. The first-order valence-electron chi connectivity index (χ1n) is 7.42. The highest BCUT2D eigenvalue weighted by Gasteiger charge is 2.40. The van der Waals surface area contributed by atoms with Crippen molar-refractivity contribution in [3.8, 4) is 0 Å². The Morgan fingerprint density at radius 3 is 2.46 bits per heavy atom. The highest BCUT2D eigenvalue weighted by atomic mass is 19.4. The Bertz CT molecular complexity index is 742. The Morgan fingerprint density at radius 2 is 1.92 bits per heavy atom. The summed E-state index contributed by atoms with van der Waals surface area (Å²) in [7, 11) is 1.81.